The van der Waals surface area contributed by atoms with Gasteiger partial charge in [-0.25, -0.2) is 0 Å². The highest BCUT2D eigenvalue weighted by Crippen LogP contribution is 2.45. The van der Waals surface area contributed by atoms with Crippen molar-refractivity contribution in [2.45, 2.75) is 58.2 Å². The normalized spacial score (nSPS) is 28.6. The van der Waals surface area contributed by atoms with Crippen molar-refractivity contribution in [1.29, 1.82) is 0 Å². The summed E-state index contributed by atoms with van der Waals surface area (Å²) in [4.78, 5) is 0. The Kier molecular flexibility index (Phi) is 4.07. The summed E-state index contributed by atoms with van der Waals surface area (Å²) in [5.41, 5.74) is 5.83. The van der Waals surface area contributed by atoms with Crippen molar-refractivity contribution in [3.63, 3.8) is 0 Å². The van der Waals surface area contributed by atoms with E-state index >= 15 is 0 Å². The van der Waals surface area contributed by atoms with E-state index in [1.165, 1.54) is 36.8 Å². The summed E-state index contributed by atoms with van der Waals surface area (Å²) >= 11 is 0. The van der Waals surface area contributed by atoms with Crippen molar-refractivity contribution in [2.75, 3.05) is 0 Å². The molecular formula is C19H24O. The van der Waals surface area contributed by atoms with Gasteiger partial charge in [-0.1, -0.05) is 49.8 Å². The van der Waals surface area contributed by atoms with Crippen LogP contribution in [0, 0.1) is 0 Å². The van der Waals surface area contributed by atoms with E-state index < -0.39 is 0 Å². The molecule has 0 unspecified atom stereocenters. The molecule has 0 saturated heterocycles. The van der Waals surface area contributed by atoms with E-state index in [2.05, 4.69) is 50.3 Å². The van der Waals surface area contributed by atoms with Gasteiger partial charge in [0.05, 0.1) is 6.10 Å². The monoisotopic (exact) mass is 268 g/mol. The third-order valence-corrected chi connectivity index (χ3v) is 4.64. The molecule has 0 amide bonds. The summed E-state index contributed by atoms with van der Waals surface area (Å²) in [5, 5.41) is 0. The highest BCUT2D eigenvalue weighted by molar-refractivity contribution is 5.45. The van der Waals surface area contributed by atoms with E-state index in [-0.39, 0.29) is 6.10 Å². The summed E-state index contributed by atoms with van der Waals surface area (Å²) in [5.74, 6) is 0. The van der Waals surface area contributed by atoms with Crippen molar-refractivity contribution < 1.29 is 4.74 Å². The van der Waals surface area contributed by atoms with Gasteiger partial charge in [-0.2, -0.15) is 0 Å². The van der Waals surface area contributed by atoms with Crippen LogP contribution >= 0.6 is 0 Å². The number of hydrogen-bond acceptors (Lipinski definition) is 1. The van der Waals surface area contributed by atoms with Crippen LogP contribution in [0.3, 0.4) is 0 Å². The molecule has 1 fully saturated rings. The third-order valence-electron chi connectivity index (χ3n) is 4.64. The van der Waals surface area contributed by atoms with Gasteiger partial charge < -0.3 is 4.74 Å². The van der Waals surface area contributed by atoms with E-state index in [0.717, 1.165) is 6.42 Å². The molecule has 20 heavy (non-hydrogen) atoms. The van der Waals surface area contributed by atoms with E-state index in [1.54, 1.807) is 11.1 Å². The topological polar surface area (TPSA) is 9.23 Å². The molecule has 0 radical (unpaired) electrons. The molecule has 1 aromatic rings. The lowest BCUT2D eigenvalue weighted by Gasteiger charge is -2.39. The van der Waals surface area contributed by atoms with Gasteiger partial charge in [-0.15, -0.1) is 0 Å². The first-order chi connectivity index (χ1) is 9.85. The Balaban J connectivity index is 2.04. The summed E-state index contributed by atoms with van der Waals surface area (Å²) < 4.78 is 6.49. The van der Waals surface area contributed by atoms with E-state index in [9.17, 15) is 0 Å². The van der Waals surface area contributed by atoms with Gasteiger partial charge in [-0.3, -0.25) is 0 Å². The van der Waals surface area contributed by atoms with Gasteiger partial charge >= 0.3 is 0 Å². The largest absolute Gasteiger partial charge is 0.361 e. The molecule has 1 nitrogen and oxygen atoms in total. The Morgan fingerprint density at radius 1 is 1.20 bits per heavy atom. The standard InChI is InChI=1S/C19H24O/c1-3-15-16(4-2)19(14-10-6-5-7-11-14)20-18-13-9-8-12-17(15)18/h4-7,10-11,18-19H,3,8-9,12-13H2,1-2H3/b16-4+/t18-,19-/m1/s1. The molecule has 0 aromatic heterocycles. The zero-order valence-electron chi connectivity index (χ0n) is 12.6. The predicted octanol–water partition coefficient (Wildman–Crippen LogP) is 5.35. The molecule has 1 aromatic carbocycles. The lowest BCUT2D eigenvalue weighted by Crippen LogP contribution is -2.30. The Morgan fingerprint density at radius 3 is 2.70 bits per heavy atom. The molecule has 0 spiro atoms. The van der Waals surface area contributed by atoms with Gasteiger partial charge in [0.15, 0.2) is 0 Å². The molecular weight excluding hydrogens is 244 g/mol. The van der Waals surface area contributed by atoms with Crippen LogP contribution in [0.2, 0.25) is 0 Å². The highest BCUT2D eigenvalue weighted by atomic mass is 16.5. The molecule has 2 atom stereocenters. The highest BCUT2D eigenvalue weighted by Gasteiger charge is 2.34. The second-order valence-corrected chi connectivity index (χ2v) is 5.76. The molecule has 106 valence electrons. The number of allylic oxidation sites excluding steroid dienone is 1. The fraction of sp³-hybridized carbons (Fsp3) is 0.474. The maximum absolute atomic E-state index is 6.49. The zero-order chi connectivity index (χ0) is 13.9. The Hall–Kier alpha value is -1.34. The smallest absolute Gasteiger partial charge is 0.108 e. The fourth-order valence-corrected chi connectivity index (χ4v) is 3.70. The SMILES string of the molecule is C/C=C1\C(CC)=C2CCCC[C@H]2O[C@@H]1c1ccccc1. The van der Waals surface area contributed by atoms with Crippen LogP contribution in [0.4, 0.5) is 0 Å². The molecule has 1 heterocycles. The second kappa shape index (κ2) is 5.97. The first kappa shape index (κ1) is 13.6. The third kappa shape index (κ3) is 2.35. The maximum atomic E-state index is 6.49. The number of hydrogen-bond donors (Lipinski definition) is 0. The van der Waals surface area contributed by atoms with E-state index in [4.69, 9.17) is 4.74 Å². The molecule has 1 aliphatic carbocycles. The van der Waals surface area contributed by atoms with Crippen LogP contribution in [0.15, 0.2) is 53.1 Å². The van der Waals surface area contributed by atoms with Gasteiger partial charge in [0.1, 0.15) is 6.10 Å². The zero-order valence-corrected chi connectivity index (χ0v) is 12.6. The second-order valence-electron chi connectivity index (χ2n) is 5.76. The van der Waals surface area contributed by atoms with Crippen LogP contribution in [0.5, 0.6) is 0 Å². The predicted molar refractivity (Wildman–Crippen MR) is 83.6 cm³/mol. The number of benzene rings is 1. The summed E-state index contributed by atoms with van der Waals surface area (Å²) in [6.07, 6.45) is 8.91. The Labute approximate surface area is 122 Å². The Morgan fingerprint density at radius 2 is 2.00 bits per heavy atom. The number of fused-ring (bicyclic) bond motifs is 1. The van der Waals surface area contributed by atoms with Crippen molar-refractivity contribution in [2.24, 2.45) is 0 Å². The van der Waals surface area contributed by atoms with Crippen molar-refractivity contribution in [3.05, 3.63) is 58.7 Å². The average Bonchev–Trinajstić information content (AvgIpc) is 2.53. The average molecular weight is 268 g/mol. The molecule has 0 bridgehead atoms. The van der Waals surface area contributed by atoms with Crippen LogP contribution in [0.1, 0.15) is 57.6 Å². The van der Waals surface area contributed by atoms with Gasteiger partial charge in [0.25, 0.3) is 0 Å². The summed E-state index contributed by atoms with van der Waals surface area (Å²) in [7, 11) is 0. The maximum Gasteiger partial charge on any atom is 0.108 e. The summed E-state index contributed by atoms with van der Waals surface area (Å²) in [6.45, 7) is 4.43. The molecule has 1 saturated carbocycles. The van der Waals surface area contributed by atoms with Crippen LogP contribution < -0.4 is 0 Å². The van der Waals surface area contributed by atoms with Crippen LogP contribution in [0.25, 0.3) is 0 Å². The first-order valence-corrected chi connectivity index (χ1v) is 7.94. The summed E-state index contributed by atoms with van der Waals surface area (Å²) in [6, 6.07) is 10.7. The first-order valence-electron chi connectivity index (χ1n) is 7.94. The minimum atomic E-state index is 0.128. The lowest BCUT2D eigenvalue weighted by atomic mass is 9.79. The van der Waals surface area contributed by atoms with Gasteiger partial charge in [-0.05, 0) is 54.9 Å². The van der Waals surface area contributed by atoms with Crippen LogP contribution in [-0.2, 0) is 4.74 Å². The van der Waals surface area contributed by atoms with Gasteiger partial charge in [0, 0.05) is 0 Å². The molecule has 1 heteroatoms. The molecule has 1 aliphatic heterocycles. The minimum absolute atomic E-state index is 0.128. The molecule has 2 aliphatic rings. The number of ether oxygens (including phenoxy) is 1. The Bertz CT molecular complexity index is 524. The van der Waals surface area contributed by atoms with E-state index in [0.29, 0.717) is 6.10 Å². The van der Waals surface area contributed by atoms with Crippen molar-refractivity contribution >= 4 is 0 Å². The van der Waals surface area contributed by atoms with Gasteiger partial charge in [0.2, 0.25) is 0 Å². The van der Waals surface area contributed by atoms with Crippen molar-refractivity contribution in [3.8, 4) is 0 Å². The van der Waals surface area contributed by atoms with Crippen molar-refractivity contribution in [1.82, 2.24) is 0 Å². The van der Waals surface area contributed by atoms with Crippen LogP contribution in [-0.4, -0.2) is 6.10 Å². The van der Waals surface area contributed by atoms with E-state index in [1.807, 2.05) is 0 Å². The number of rotatable bonds is 2. The minimum Gasteiger partial charge on any atom is -0.361 e. The molecule has 3 rings (SSSR count). The molecule has 0 N–H and O–H groups in total. The quantitative estimate of drug-likeness (QED) is 0.702. The fourth-order valence-electron chi connectivity index (χ4n) is 3.70. The lowest BCUT2D eigenvalue weighted by molar-refractivity contribution is 0.00511.